The fourth-order valence-electron chi connectivity index (χ4n) is 1.69. The molecule has 4 heteroatoms. The lowest BCUT2D eigenvalue weighted by molar-refractivity contribution is -0.142. The SMILES string of the molecule is CCc1cccc(F)c1CN(C)C(C)C(=O)O. The molecule has 1 unspecified atom stereocenters. The number of rotatable bonds is 5. The van der Waals surface area contributed by atoms with Crippen LogP contribution in [-0.4, -0.2) is 29.1 Å². The summed E-state index contributed by atoms with van der Waals surface area (Å²) in [6.07, 6.45) is 0.738. The molecule has 94 valence electrons. The summed E-state index contributed by atoms with van der Waals surface area (Å²) in [5.74, 6) is -1.17. The molecule has 0 aromatic heterocycles. The molecule has 0 radical (unpaired) electrons. The Labute approximate surface area is 101 Å². The second-order valence-electron chi connectivity index (χ2n) is 4.16. The Bertz CT molecular complexity index is 406. The molecule has 1 atom stereocenters. The van der Waals surface area contributed by atoms with Crippen LogP contribution in [0.1, 0.15) is 25.0 Å². The van der Waals surface area contributed by atoms with Gasteiger partial charge in [-0.15, -0.1) is 0 Å². The standard InChI is InChI=1S/C13H18FNO2/c1-4-10-6-5-7-12(14)11(10)8-15(3)9(2)13(16)17/h5-7,9H,4,8H2,1-3H3,(H,16,17). The van der Waals surface area contributed by atoms with Gasteiger partial charge in [0, 0.05) is 12.1 Å². The molecule has 0 amide bonds. The van der Waals surface area contributed by atoms with Crippen LogP contribution in [0.3, 0.4) is 0 Å². The molecule has 0 aliphatic rings. The van der Waals surface area contributed by atoms with E-state index >= 15 is 0 Å². The first kappa shape index (κ1) is 13.6. The molecule has 1 aromatic carbocycles. The van der Waals surface area contributed by atoms with Crippen molar-refractivity contribution in [3.8, 4) is 0 Å². The molecule has 3 nitrogen and oxygen atoms in total. The third kappa shape index (κ3) is 3.27. The minimum Gasteiger partial charge on any atom is -0.480 e. The summed E-state index contributed by atoms with van der Waals surface area (Å²) >= 11 is 0. The Morgan fingerprint density at radius 1 is 1.53 bits per heavy atom. The number of aryl methyl sites for hydroxylation is 1. The van der Waals surface area contributed by atoms with Crippen molar-refractivity contribution < 1.29 is 14.3 Å². The van der Waals surface area contributed by atoms with Crippen molar-refractivity contribution in [2.75, 3.05) is 7.05 Å². The summed E-state index contributed by atoms with van der Waals surface area (Å²) in [5.41, 5.74) is 1.51. The molecule has 0 saturated heterocycles. The van der Waals surface area contributed by atoms with E-state index in [-0.39, 0.29) is 5.82 Å². The van der Waals surface area contributed by atoms with Crippen molar-refractivity contribution in [3.63, 3.8) is 0 Å². The lowest BCUT2D eigenvalue weighted by Crippen LogP contribution is -2.35. The van der Waals surface area contributed by atoms with Gasteiger partial charge < -0.3 is 5.11 Å². The lowest BCUT2D eigenvalue weighted by Gasteiger charge is -2.22. The third-order valence-corrected chi connectivity index (χ3v) is 3.02. The van der Waals surface area contributed by atoms with Crippen LogP contribution in [0.2, 0.25) is 0 Å². The van der Waals surface area contributed by atoms with Crippen LogP contribution >= 0.6 is 0 Å². The maximum absolute atomic E-state index is 13.7. The quantitative estimate of drug-likeness (QED) is 0.857. The molecule has 0 bridgehead atoms. The van der Waals surface area contributed by atoms with Crippen LogP contribution in [-0.2, 0) is 17.8 Å². The van der Waals surface area contributed by atoms with Crippen molar-refractivity contribution in [1.29, 1.82) is 0 Å². The molecule has 17 heavy (non-hydrogen) atoms. The lowest BCUT2D eigenvalue weighted by atomic mass is 10.0. The van der Waals surface area contributed by atoms with Crippen molar-refractivity contribution >= 4 is 5.97 Å². The van der Waals surface area contributed by atoms with E-state index in [9.17, 15) is 9.18 Å². The van der Waals surface area contributed by atoms with E-state index in [0.717, 1.165) is 12.0 Å². The summed E-state index contributed by atoms with van der Waals surface area (Å²) < 4.78 is 13.7. The highest BCUT2D eigenvalue weighted by molar-refractivity contribution is 5.72. The maximum Gasteiger partial charge on any atom is 0.320 e. The molecular weight excluding hydrogens is 221 g/mol. The van der Waals surface area contributed by atoms with Crippen LogP contribution in [0.25, 0.3) is 0 Å². The average Bonchev–Trinajstić information content (AvgIpc) is 2.30. The van der Waals surface area contributed by atoms with Gasteiger partial charge in [-0.25, -0.2) is 4.39 Å². The highest BCUT2D eigenvalue weighted by Crippen LogP contribution is 2.17. The van der Waals surface area contributed by atoms with Gasteiger partial charge in [0.15, 0.2) is 0 Å². The second kappa shape index (κ2) is 5.77. The molecule has 0 fully saturated rings. The molecule has 0 saturated carbocycles. The zero-order valence-corrected chi connectivity index (χ0v) is 10.4. The normalized spacial score (nSPS) is 12.8. The zero-order chi connectivity index (χ0) is 13.0. The van der Waals surface area contributed by atoms with Gasteiger partial charge in [0.2, 0.25) is 0 Å². The van der Waals surface area contributed by atoms with Gasteiger partial charge in [0.25, 0.3) is 0 Å². The van der Waals surface area contributed by atoms with Gasteiger partial charge in [-0.3, -0.25) is 9.69 Å². The number of carbonyl (C=O) groups is 1. The van der Waals surface area contributed by atoms with Crippen LogP contribution < -0.4 is 0 Å². The van der Waals surface area contributed by atoms with E-state index in [1.54, 1.807) is 24.9 Å². The van der Waals surface area contributed by atoms with Gasteiger partial charge in [-0.1, -0.05) is 19.1 Å². The van der Waals surface area contributed by atoms with E-state index < -0.39 is 12.0 Å². The molecule has 0 spiro atoms. The van der Waals surface area contributed by atoms with Gasteiger partial charge in [-0.05, 0) is 32.0 Å². The fraction of sp³-hybridized carbons (Fsp3) is 0.462. The Hall–Kier alpha value is -1.42. The van der Waals surface area contributed by atoms with Gasteiger partial charge >= 0.3 is 5.97 Å². The summed E-state index contributed by atoms with van der Waals surface area (Å²) in [6.45, 7) is 3.86. The molecule has 0 heterocycles. The zero-order valence-electron chi connectivity index (χ0n) is 10.4. The number of hydrogen-bond donors (Lipinski definition) is 1. The Balaban J connectivity index is 2.91. The third-order valence-electron chi connectivity index (χ3n) is 3.02. The van der Waals surface area contributed by atoms with Crippen molar-refractivity contribution in [2.45, 2.75) is 32.9 Å². The maximum atomic E-state index is 13.7. The van der Waals surface area contributed by atoms with Crippen molar-refractivity contribution in [1.82, 2.24) is 4.90 Å². The number of benzene rings is 1. The van der Waals surface area contributed by atoms with E-state index in [1.165, 1.54) is 6.07 Å². The Morgan fingerprint density at radius 2 is 2.18 bits per heavy atom. The van der Waals surface area contributed by atoms with E-state index in [4.69, 9.17) is 5.11 Å². The van der Waals surface area contributed by atoms with E-state index in [1.807, 2.05) is 13.0 Å². The highest BCUT2D eigenvalue weighted by atomic mass is 19.1. The topological polar surface area (TPSA) is 40.5 Å². The van der Waals surface area contributed by atoms with Crippen molar-refractivity contribution in [3.05, 3.63) is 35.1 Å². The van der Waals surface area contributed by atoms with E-state index in [2.05, 4.69) is 0 Å². The minimum atomic E-state index is -0.901. The first-order chi connectivity index (χ1) is 7.97. The smallest absolute Gasteiger partial charge is 0.320 e. The van der Waals surface area contributed by atoms with Crippen LogP contribution in [0.5, 0.6) is 0 Å². The van der Waals surface area contributed by atoms with Crippen LogP contribution in [0.15, 0.2) is 18.2 Å². The van der Waals surface area contributed by atoms with Crippen LogP contribution in [0.4, 0.5) is 4.39 Å². The van der Waals surface area contributed by atoms with Gasteiger partial charge in [-0.2, -0.15) is 0 Å². The Kier molecular flexibility index (Phi) is 4.63. The number of aliphatic carboxylic acids is 1. The number of nitrogens with zero attached hydrogens (tertiary/aromatic N) is 1. The number of halogens is 1. The predicted octanol–water partition coefficient (Wildman–Crippen LogP) is 2.29. The molecule has 0 aliphatic carbocycles. The largest absolute Gasteiger partial charge is 0.480 e. The predicted molar refractivity (Wildman–Crippen MR) is 64.3 cm³/mol. The number of likely N-dealkylation sites (N-methyl/N-ethyl adjacent to an activating group) is 1. The monoisotopic (exact) mass is 239 g/mol. The molecule has 0 aliphatic heterocycles. The fourth-order valence-corrected chi connectivity index (χ4v) is 1.69. The molecule has 1 rings (SSSR count). The molecule has 1 aromatic rings. The Morgan fingerprint density at radius 3 is 2.71 bits per heavy atom. The summed E-state index contributed by atoms with van der Waals surface area (Å²) in [4.78, 5) is 12.5. The molecule has 1 N–H and O–H groups in total. The number of carboxylic acid groups (broad SMARTS) is 1. The highest BCUT2D eigenvalue weighted by Gasteiger charge is 2.19. The number of hydrogen-bond acceptors (Lipinski definition) is 2. The minimum absolute atomic E-state index is 0.270. The first-order valence-corrected chi connectivity index (χ1v) is 5.66. The second-order valence-corrected chi connectivity index (χ2v) is 4.16. The summed E-state index contributed by atoms with van der Waals surface area (Å²) in [7, 11) is 1.69. The summed E-state index contributed by atoms with van der Waals surface area (Å²) in [6, 6.07) is 4.34. The van der Waals surface area contributed by atoms with Gasteiger partial charge in [0.05, 0.1) is 0 Å². The average molecular weight is 239 g/mol. The van der Waals surface area contributed by atoms with Crippen LogP contribution in [0, 0.1) is 5.82 Å². The first-order valence-electron chi connectivity index (χ1n) is 5.66. The number of carboxylic acids is 1. The van der Waals surface area contributed by atoms with E-state index in [0.29, 0.717) is 12.1 Å². The summed E-state index contributed by atoms with van der Waals surface area (Å²) in [5, 5.41) is 8.89. The molecular formula is C13H18FNO2. The van der Waals surface area contributed by atoms with Gasteiger partial charge in [0.1, 0.15) is 11.9 Å². The van der Waals surface area contributed by atoms with Crippen molar-refractivity contribution in [2.24, 2.45) is 0 Å².